The summed E-state index contributed by atoms with van der Waals surface area (Å²) in [5, 5.41) is 7.08. The largest absolute Gasteiger partial charge is 0.467 e. The van der Waals surface area contributed by atoms with Crippen LogP contribution in [0.25, 0.3) is 0 Å². The summed E-state index contributed by atoms with van der Waals surface area (Å²) in [6.07, 6.45) is 5.28. The van der Waals surface area contributed by atoms with E-state index in [1.807, 2.05) is 18.3 Å². The lowest BCUT2D eigenvalue weighted by Crippen LogP contribution is -2.32. The lowest BCUT2D eigenvalue weighted by Gasteiger charge is -2.16. The molecule has 0 aliphatic carbocycles. The highest BCUT2D eigenvalue weighted by Crippen LogP contribution is 2.17. The second-order valence-electron chi connectivity index (χ2n) is 5.12. The Bertz CT molecular complexity index is 703. The first-order valence-electron chi connectivity index (χ1n) is 7.26. The summed E-state index contributed by atoms with van der Waals surface area (Å²) in [4.78, 5) is 12.1. The predicted molar refractivity (Wildman–Crippen MR) is 82.2 cm³/mol. The summed E-state index contributed by atoms with van der Waals surface area (Å²) < 4.78 is 20.0. The number of hydrogen-bond donors (Lipinski definition) is 1. The average Bonchev–Trinajstić information content (AvgIpc) is 3.24. The molecule has 0 radical (unpaired) electrons. The topological polar surface area (TPSA) is 60.1 Å². The molecule has 6 heteroatoms. The van der Waals surface area contributed by atoms with Crippen molar-refractivity contribution >= 4 is 5.91 Å². The number of carbonyl (C=O) groups excluding carboxylic acids is 1. The van der Waals surface area contributed by atoms with Gasteiger partial charge in [0.1, 0.15) is 17.6 Å². The van der Waals surface area contributed by atoms with Crippen LogP contribution in [0.2, 0.25) is 0 Å². The van der Waals surface area contributed by atoms with Crippen LogP contribution >= 0.6 is 0 Å². The number of amides is 1. The Morgan fingerprint density at radius 1 is 1.26 bits per heavy atom. The fourth-order valence-electron chi connectivity index (χ4n) is 2.33. The number of benzene rings is 1. The van der Waals surface area contributed by atoms with Crippen molar-refractivity contribution in [3.8, 4) is 0 Å². The molecule has 1 atom stereocenters. The minimum atomic E-state index is -0.314. The molecule has 0 bridgehead atoms. The normalized spacial score (nSPS) is 12.0. The zero-order valence-corrected chi connectivity index (χ0v) is 12.4. The highest BCUT2D eigenvalue weighted by Gasteiger charge is 2.18. The Balaban J connectivity index is 1.62. The molecule has 3 rings (SSSR count). The van der Waals surface area contributed by atoms with Crippen LogP contribution < -0.4 is 5.32 Å². The van der Waals surface area contributed by atoms with E-state index in [-0.39, 0.29) is 24.2 Å². The van der Waals surface area contributed by atoms with Crippen molar-refractivity contribution < 1.29 is 13.6 Å². The molecule has 0 aliphatic heterocycles. The summed E-state index contributed by atoms with van der Waals surface area (Å²) >= 11 is 0. The summed E-state index contributed by atoms with van der Waals surface area (Å²) in [5.74, 6) is 0.266. The van der Waals surface area contributed by atoms with Gasteiger partial charge in [-0.2, -0.15) is 5.10 Å². The van der Waals surface area contributed by atoms with Gasteiger partial charge in [0.2, 0.25) is 5.91 Å². The van der Waals surface area contributed by atoms with Gasteiger partial charge < -0.3 is 9.73 Å². The molecule has 1 N–H and O–H groups in total. The molecule has 0 aliphatic rings. The molecule has 5 nitrogen and oxygen atoms in total. The summed E-state index contributed by atoms with van der Waals surface area (Å²) in [7, 11) is 0. The van der Waals surface area contributed by atoms with Crippen molar-refractivity contribution in [1.82, 2.24) is 15.1 Å². The molecular formula is C17H16FN3O2. The van der Waals surface area contributed by atoms with Gasteiger partial charge in [0.05, 0.1) is 12.7 Å². The third-order valence-corrected chi connectivity index (χ3v) is 3.49. The van der Waals surface area contributed by atoms with Crippen molar-refractivity contribution in [2.24, 2.45) is 0 Å². The Hall–Kier alpha value is -2.89. The molecule has 1 amide bonds. The predicted octanol–water partition coefficient (Wildman–Crippen LogP) is 2.56. The van der Waals surface area contributed by atoms with E-state index in [1.165, 1.54) is 12.1 Å². The van der Waals surface area contributed by atoms with Crippen molar-refractivity contribution in [1.29, 1.82) is 0 Å². The van der Waals surface area contributed by atoms with Crippen LogP contribution in [0.5, 0.6) is 0 Å². The van der Waals surface area contributed by atoms with E-state index in [0.717, 1.165) is 11.3 Å². The van der Waals surface area contributed by atoms with E-state index in [9.17, 15) is 9.18 Å². The second-order valence-corrected chi connectivity index (χ2v) is 5.12. The highest BCUT2D eigenvalue weighted by atomic mass is 19.1. The van der Waals surface area contributed by atoms with Crippen molar-refractivity contribution in [3.05, 3.63) is 78.3 Å². The van der Waals surface area contributed by atoms with Gasteiger partial charge in [-0.25, -0.2) is 4.39 Å². The van der Waals surface area contributed by atoms with Crippen LogP contribution in [0, 0.1) is 5.82 Å². The van der Waals surface area contributed by atoms with Crippen molar-refractivity contribution in [3.63, 3.8) is 0 Å². The molecule has 3 aromatic rings. The zero-order chi connectivity index (χ0) is 16.1. The Morgan fingerprint density at radius 2 is 2.09 bits per heavy atom. The van der Waals surface area contributed by atoms with Gasteiger partial charge in [-0.05, 0) is 35.9 Å². The summed E-state index contributed by atoms with van der Waals surface area (Å²) in [5.41, 5.74) is 0.762. The molecule has 0 fully saturated rings. The number of furan rings is 1. The maximum atomic E-state index is 12.9. The fourth-order valence-corrected chi connectivity index (χ4v) is 2.33. The second kappa shape index (κ2) is 6.91. The molecule has 0 saturated heterocycles. The van der Waals surface area contributed by atoms with E-state index in [4.69, 9.17) is 4.42 Å². The lowest BCUT2D eigenvalue weighted by atomic mass is 10.1. The van der Waals surface area contributed by atoms with Gasteiger partial charge in [-0.3, -0.25) is 9.48 Å². The van der Waals surface area contributed by atoms with Crippen LogP contribution in [0.1, 0.15) is 17.4 Å². The number of nitrogens with zero attached hydrogens (tertiary/aromatic N) is 2. The Labute approximate surface area is 132 Å². The van der Waals surface area contributed by atoms with Gasteiger partial charge in [0, 0.05) is 18.9 Å². The minimum absolute atomic E-state index is 0.139. The van der Waals surface area contributed by atoms with Gasteiger partial charge in [-0.1, -0.05) is 12.1 Å². The minimum Gasteiger partial charge on any atom is -0.467 e. The van der Waals surface area contributed by atoms with Crippen LogP contribution in [0.15, 0.2) is 65.5 Å². The maximum Gasteiger partial charge on any atom is 0.224 e. The van der Waals surface area contributed by atoms with E-state index in [2.05, 4.69) is 10.4 Å². The first kappa shape index (κ1) is 15.0. The van der Waals surface area contributed by atoms with Crippen LogP contribution in [-0.4, -0.2) is 22.2 Å². The highest BCUT2D eigenvalue weighted by molar-refractivity contribution is 5.78. The van der Waals surface area contributed by atoms with Gasteiger partial charge in [-0.15, -0.1) is 0 Å². The summed E-state index contributed by atoms with van der Waals surface area (Å²) in [6, 6.07) is 11.1. The zero-order valence-electron chi connectivity index (χ0n) is 12.4. The molecule has 2 aromatic heterocycles. The molecule has 2 heterocycles. The Kier molecular flexibility index (Phi) is 4.52. The van der Waals surface area contributed by atoms with Crippen molar-refractivity contribution in [2.45, 2.75) is 12.5 Å². The first-order valence-corrected chi connectivity index (χ1v) is 7.26. The SMILES string of the molecule is O=C(Cc1ccc(F)cc1)NC[C@H](c1ccco1)n1cccn1. The fraction of sp³-hybridized carbons (Fsp3) is 0.176. The average molecular weight is 313 g/mol. The Morgan fingerprint density at radius 3 is 2.74 bits per heavy atom. The molecule has 0 saturated carbocycles. The number of rotatable bonds is 6. The lowest BCUT2D eigenvalue weighted by molar-refractivity contribution is -0.120. The van der Waals surface area contributed by atoms with Crippen molar-refractivity contribution in [2.75, 3.05) is 6.54 Å². The standard InChI is InChI=1S/C17H16FN3O2/c18-14-6-4-13(5-7-14)11-17(22)19-12-15(16-3-1-10-23-16)21-9-2-8-20-21/h1-10,15H,11-12H2,(H,19,22)/t15-/m1/s1. The number of halogens is 1. The molecule has 0 unspecified atom stereocenters. The molecule has 23 heavy (non-hydrogen) atoms. The quantitative estimate of drug-likeness (QED) is 0.761. The molecule has 118 valence electrons. The van der Waals surface area contributed by atoms with Crippen LogP contribution in [0.4, 0.5) is 4.39 Å². The third-order valence-electron chi connectivity index (χ3n) is 3.49. The number of hydrogen-bond acceptors (Lipinski definition) is 3. The number of nitrogens with one attached hydrogen (secondary N) is 1. The number of carbonyl (C=O) groups is 1. The van der Waals surface area contributed by atoms with Gasteiger partial charge in [0.25, 0.3) is 0 Å². The van der Waals surface area contributed by atoms with E-state index in [1.54, 1.807) is 35.3 Å². The van der Waals surface area contributed by atoms with Crippen LogP contribution in [0.3, 0.4) is 0 Å². The van der Waals surface area contributed by atoms with Gasteiger partial charge >= 0.3 is 0 Å². The number of aromatic nitrogens is 2. The monoisotopic (exact) mass is 313 g/mol. The molecule has 1 aromatic carbocycles. The van der Waals surface area contributed by atoms with Gasteiger partial charge in [0.15, 0.2) is 0 Å². The van der Waals surface area contributed by atoms with E-state index in [0.29, 0.717) is 6.54 Å². The first-order chi connectivity index (χ1) is 11.2. The van der Waals surface area contributed by atoms with Crippen LogP contribution in [-0.2, 0) is 11.2 Å². The van der Waals surface area contributed by atoms with E-state index >= 15 is 0 Å². The smallest absolute Gasteiger partial charge is 0.224 e. The molecular weight excluding hydrogens is 297 g/mol. The molecule has 0 spiro atoms. The third kappa shape index (κ3) is 3.85. The maximum absolute atomic E-state index is 12.9. The van der Waals surface area contributed by atoms with E-state index < -0.39 is 0 Å². The summed E-state index contributed by atoms with van der Waals surface area (Å²) in [6.45, 7) is 0.356.